The van der Waals surface area contributed by atoms with Crippen molar-refractivity contribution in [3.63, 3.8) is 0 Å². The van der Waals surface area contributed by atoms with Gasteiger partial charge in [0.05, 0.1) is 11.8 Å². The summed E-state index contributed by atoms with van der Waals surface area (Å²) in [4.78, 5) is 6.20. The molecule has 0 spiro atoms. The summed E-state index contributed by atoms with van der Waals surface area (Å²) in [7, 11) is 0. The lowest BCUT2D eigenvalue weighted by Gasteiger charge is -2.09. The monoisotopic (exact) mass is 375 g/mol. The van der Waals surface area contributed by atoms with Gasteiger partial charge in [-0.15, -0.1) is 21.5 Å². The molecule has 4 rings (SSSR count). The molecule has 2 N–H and O–H groups in total. The number of hydrogen-bond acceptors (Lipinski definition) is 5. The number of nitrogens with two attached hydrogens (primary N) is 1. The van der Waals surface area contributed by atoms with Gasteiger partial charge < -0.3 is 5.73 Å². The van der Waals surface area contributed by atoms with Gasteiger partial charge in [0.25, 0.3) is 0 Å². The van der Waals surface area contributed by atoms with Crippen molar-refractivity contribution in [3.05, 3.63) is 63.0 Å². The summed E-state index contributed by atoms with van der Waals surface area (Å²) in [5.41, 5.74) is 11.2. The molecule has 1 aromatic carbocycles. The molecule has 0 radical (unpaired) electrons. The highest BCUT2D eigenvalue weighted by Gasteiger charge is 2.26. The van der Waals surface area contributed by atoms with Crippen molar-refractivity contribution in [2.45, 2.75) is 40.3 Å². The molecular weight excluding hydrogens is 354 g/mol. The fraction of sp³-hybridized carbons (Fsp3) is 0.286. The number of fused-ring (bicyclic) bond motifs is 3. The summed E-state index contributed by atoms with van der Waals surface area (Å²) in [5, 5.41) is 9.72. The van der Waals surface area contributed by atoms with Gasteiger partial charge in [0, 0.05) is 21.6 Å². The Morgan fingerprint density at radius 1 is 1.15 bits per heavy atom. The van der Waals surface area contributed by atoms with Crippen LogP contribution in [0.5, 0.6) is 0 Å². The number of aromatic nitrogens is 3. The highest BCUT2D eigenvalue weighted by Crippen LogP contribution is 2.36. The average molecular weight is 376 g/mol. The average Bonchev–Trinajstić information content (AvgIpc) is 3.09. The van der Waals surface area contributed by atoms with Crippen LogP contribution in [0.3, 0.4) is 0 Å². The van der Waals surface area contributed by atoms with Crippen molar-refractivity contribution in [1.82, 2.24) is 14.8 Å². The summed E-state index contributed by atoms with van der Waals surface area (Å²) < 4.78 is 2.14. The fourth-order valence-electron chi connectivity index (χ4n) is 3.19. The molecule has 3 aromatic rings. The lowest BCUT2D eigenvalue weighted by atomic mass is 9.99. The summed E-state index contributed by atoms with van der Waals surface area (Å²) in [6, 6.07) is 8.09. The Hall–Kier alpha value is -2.75. The minimum Gasteiger partial charge on any atom is -0.318 e. The van der Waals surface area contributed by atoms with Gasteiger partial charge in [0.1, 0.15) is 17.4 Å². The topological polar surface area (TPSA) is 69.1 Å². The summed E-state index contributed by atoms with van der Waals surface area (Å²) in [5.74, 6) is 7.87. The second kappa shape index (κ2) is 6.76. The van der Waals surface area contributed by atoms with Crippen molar-refractivity contribution in [1.29, 1.82) is 0 Å². The zero-order valence-corrected chi connectivity index (χ0v) is 16.7. The third-order valence-corrected chi connectivity index (χ3v) is 5.87. The molecule has 27 heavy (non-hydrogen) atoms. The SMILES string of the molecule is Cc1sc2c(c1C)C(c1ccc(C#CC(C)N)cc1)=NCc1nnc(C)n1-2. The van der Waals surface area contributed by atoms with Gasteiger partial charge >= 0.3 is 0 Å². The van der Waals surface area contributed by atoms with E-state index in [2.05, 4.69) is 52.6 Å². The Labute approximate surface area is 163 Å². The highest BCUT2D eigenvalue weighted by molar-refractivity contribution is 7.15. The van der Waals surface area contributed by atoms with Crippen LogP contribution in [0.25, 0.3) is 5.00 Å². The van der Waals surface area contributed by atoms with Crippen molar-refractivity contribution in [3.8, 4) is 16.8 Å². The van der Waals surface area contributed by atoms with Crippen LogP contribution in [0.1, 0.15) is 45.7 Å². The smallest absolute Gasteiger partial charge is 0.160 e. The minimum absolute atomic E-state index is 0.131. The molecule has 2 aromatic heterocycles. The molecule has 0 aliphatic carbocycles. The Morgan fingerprint density at radius 3 is 2.59 bits per heavy atom. The number of rotatable bonds is 1. The number of aliphatic imine (C=N–C) groups is 1. The van der Waals surface area contributed by atoms with Gasteiger partial charge in [0.2, 0.25) is 0 Å². The molecule has 1 aliphatic rings. The first-order chi connectivity index (χ1) is 13.0. The molecule has 6 heteroatoms. The van der Waals surface area contributed by atoms with Crippen LogP contribution in [0.4, 0.5) is 0 Å². The molecule has 0 fully saturated rings. The molecule has 1 atom stereocenters. The van der Waals surface area contributed by atoms with Crippen LogP contribution >= 0.6 is 11.3 Å². The molecule has 136 valence electrons. The lowest BCUT2D eigenvalue weighted by molar-refractivity contribution is 0.869. The van der Waals surface area contributed by atoms with Gasteiger partial charge in [-0.25, -0.2) is 0 Å². The maximum atomic E-state index is 5.72. The molecule has 0 bridgehead atoms. The third kappa shape index (κ3) is 3.09. The van der Waals surface area contributed by atoms with E-state index in [9.17, 15) is 0 Å². The van der Waals surface area contributed by atoms with Crippen LogP contribution < -0.4 is 5.73 Å². The summed E-state index contributed by atoms with van der Waals surface area (Å²) in [6.07, 6.45) is 0. The zero-order valence-electron chi connectivity index (χ0n) is 15.9. The Balaban J connectivity index is 1.83. The minimum atomic E-state index is -0.131. The molecule has 1 aliphatic heterocycles. The van der Waals surface area contributed by atoms with Gasteiger partial charge in [0.15, 0.2) is 5.82 Å². The van der Waals surface area contributed by atoms with E-state index in [4.69, 9.17) is 10.7 Å². The molecule has 3 heterocycles. The Morgan fingerprint density at radius 2 is 1.89 bits per heavy atom. The van der Waals surface area contributed by atoms with E-state index in [0.29, 0.717) is 6.54 Å². The quantitative estimate of drug-likeness (QED) is 0.664. The van der Waals surface area contributed by atoms with Crippen LogP contribution in [-0.2, 0) is 6.54 Å². The van der Waals surface area contributed by atoms with Crippen molar-refractivity contribution in [2.75, 3.05) is 0 Å². The van der Waals surface area contributed by atoms with Crippen molar-refractivity contribution in [2.24, 2.45) is 10.7 Å². The van der Waals surface area contributed by atoms with Gasteiger partial charge in [-0.1, -0.05) is 24.0 Å². The molecule has 0 saturated carbocycles. The molecule has 5 nitrogen and oxygen atoms in total. The van der Waals surface area contributed by atoms with Crippen molar-refractivity contribution >= 4 is 17.0 Å². The van der Waals surface area contributed by atoms with Crippen molar-refractivity contribution < 1.29 is 0 Å². The van der Waals surface area contributed by atoms with Crippen LogP contribution in [0.15, 0.2) is 29.3 Å². The van der Waals surface area contributed by atoms with Crippen LogP contribution in [0.2, 0.25) is 0 Å². The maximum absolute atomic E-state index is 5.72. The first-order valence-electron chi connectivity index (χ1n) is 8.89. The maximum Gasteiger partial charge on any atom is 0.160 e. The third-order valence-electron chi connectivity index (χ3n) is 4.68. The van der Waals surface area contributed by atoms with Crippen LogP contribution in [-0.4, -0.2) is 26.5 Å². The molecule has 0 amide bonds. The van der Waals surface area contributed by atoms with E-state index >= 15 is 0 Å². The molecule has 1 unspecified atom stereocenters. The molecular formula is C21H21N5S. The number of benzene rings is 1. The van der Waals surface area contributed by atoms with Gasteiger partial charge in [-0.2, -0.15) is 0 Å². The van der Waals surface area contributed by atoms with Crippen LogP contribution in [0, 0.1) is 32.6 Å². The standard InChI is InChI=1S/C21H21N5S/c1-12(22)5-6-16-7-9-17(10-8-16)20-19-13(2)14(3)27-21(19)26-15(4)24-25-18(26)11-23-20/h7-10,12H,11,22H2,1-4H3. The van der Waals surface area contributed by atoms with E-state index in [1.807, 2.05) is 26.0 Å². The van der Waals surface area contributed by atoms with Gasteiger partial charge in [-0.3, -0.25) is 9.56 Å². The van der Waals surface area contributed by atoms with E-state index < -0.39 is 0 Å². The number of hydrogen-bond donors (Lipinski definition) is 1. The second-order valence-corrected chi connectivity index (χ2v) is 7.97. The first-order valence-corrected chi connectivity index (χ1v) is 9.71. The van der Waals surface area contributed by atoms with E-state index in [0.717, 1.165) is 33.5 Å². The highest BCUT2D eigenvalue weighted by atomic mass is 32.1. The Kier molecular flexibility index (Phi) is 4.42. The Bertz CT molecular complexity index is 1100. The van der Waals surface area contributed by atoms with E-state index in [1.54, 1.807) is 11.3 Å². The normalized spacial score (nSPS) is 13.7. The van der Waals surface area contributed by atoms with E-state index in [1.165, 1.54) is 16.0 Å². The summed E-state index contributed by atoms with van der Waals surface area (Å²) >= 11 is 1.77. The predicted octanol–water partition coefficient (Wildman–Crippen LogP) is 3.30. The van der Waals surface area contributed by atoms with Gasteiger partial charge in [-0.05, 0) is 45.4 Å². The lowest BCUT2D eigenvalue weighted by Crippen LogP contribution is -2.10. The first kappa shape index (κ1) is 17.7. The summed E-state index contributed by atoms with van der Waals surface area (Å²) in [6.45, 7) is 8.69. The number of thiophene rings is 1. The number of aryl methyl sites for hydroxylation is 2. The van der Waals surface area contributed by atoms with E-state index in [-0.39, 0.29) is 6.04 Å². The molecule has 0 saturated heterocycles. The largest absolute Gasteiger partial charge is 0.318 e. The number of nitrogens with zero attached hydrogens (tertiary/aromatic N) is 4. The second-order valence-electron chi connectivity index (χ2n) is 6.76. The predicted molar refractivity (Wildman–Crippen MR) is 110 cm³/mol. The zero-order chi connectivity index (χ0) is 19.1. The fourth-order valence-corrected chi connectivity index (χ4v) is 4.42.